The molecule has 0 fully saturated rings. The molecule has 0 radical (unpaired) electrons. The number of aryl methyl sites for hydroxylation is 2. The van der Waals surface area contributed by atoms with Gasteiger partial charge in [0.1, 0.15) is 0 Å². The quantitative estimate of drug-likeness (QED) is 0.204. The highest BCUT2D eigenvalue weighted by Crippen LogP contribution is 2.30. The van der Waals surface area contributed by atoms with Gasteiger partial charge in [-0.2, -0.15) is 0 Å². The third-order valence-corrected chi connectivity index (χ3v) is 5.33. The Labute approximate surface area is 173 Å². The third-order valence-electron chi connectivity index (χ3n) is 4.11. The fourth-order valence-corrected chi connectivity index (χ4v) is 2.92. The molecule has 1 rings (SSSR count). The van der Waals surface area contributed by atoms with E-state index in [1.54, 1.807) is 0 Å². The summed E-state index contributed by atoms with van der Waals surface area (Å²) in [5.41, 5.74) is 17.8. The van der Waals surface area contributed by atoms with Gasteiger partial charge < -0.3 is 21.1 Å². The van der Waals surface area contributed by atoms with E-state index >= 15 is 0 Å². The van der Waals surface area contributed by atoms with Crippen LogP contribution in [0, 0.1) is 20.8 Å². The molecule has 0 heterocycles. The minimum absolute atomic E-state index is 0.141. The van der Waals surface area contributed by atoms with E-state index in [-0.39, 0.29) is 31.2 Å². The number of rotatable bonds is 11. The van der Waals surface area contributed by atoms with E-state index in [0.29, 0.717) is 19.8 Å². The Kier molecular flexibility index (Phi) is 10.5. The molecule has 4 N–H and O–H groups in total. The number of azide groups is 1. The van der Waals surface area contributed by atoms with Gasteiger partial charge in [-0.3, -0.25) is 9.59 Å². The first kappa shape index (κ1) is 23.9. The molecule has 0 saturated heterocycles. The lowest BCUT2D eigenvalue weighted by molar-refractivity contribution is -0.123. The smallest absolute Gasteiger partial charge is 0.237 e. The zero-order valence-electron chi connectivity index (χ0n) is 16.4. The van der Waals surface area contributed by atoms with Crippen molar-refractivity contribution in [2.45, 2.75) is 39.7 Å². The molecule has 28 heavy (non-hydrogen) atoms. The first-order chi connectivity index (χ1) is 13.3. The van der Waals surface area contributed by atoms with Crippen LogP contribution in [0.2, 0.25) is 0 Å². The Morgan fingerprint density at radius 3 is 2.71 bits per heavy atom. The van der Waals surface area contributed by atoms with Gasteiger partial charge >= 0.3 is 0 Å². The van der Waals surface area contributed by atoms with Crippen LogP contribution >= 0.6 is 15.9 Å². The number of carbonyl (C=O) groups excluding carboxylic acids is 2. The number of nitrogens with zero attached hydrogens (tertiary/aromatic N) is 3. The second kappa shape index (κ2) is 12.4. The molecular formula is C18H27BrN6O3. The van der Waals surface area contributed by atoms with Crippen molar-refractivity contribution in [2.24, 2.45) is 10.8 Å². The molecule has 0 unspecified atom stereocenters. The van der Waals surface area contributed by atoms with Gasteiger partial charge in [0.05, 0.1) is 19.3 Å². The minimum Gasteiger partial charge on any atom is -0.379 e. The van der Waals surface area contributed by atoms with Crippen LogP contribution in [0.1, 0.15) is 29.5 Å². The zero-order chi connectivity index (χ0) is 21.1. The summed E-state index contributed by atoms with van der Waals surface area (Å²) in [6, 6.07) is 1.22. The molecule has 0 saturated carbocycles. The number of anilines is 1. The topological polar surface area (TPSA) is 142 Å². The summed E-state index contributed by atoms with van der Waals surface area (Å²) < 4.78 is 6.15. The van der Waals surface area contributed by atoms with E-state index < -0.39 is 6.04 Å². The fraction of sp³-hybridized carbons (Fsp3) is 0.556. The molecule has 1 atom stereocenters. The standard InChI is InChI=1S/C18H27BrN6O3/c1-11-10-12(2)17(13(3)16(11)19)24-15(26)5-4-14(20)18(27)22-6-8-28-9-7-23-25-21/h10,14H,4-9,20H2,1-3H3,(H,22,27)(H,24,26)/t14-/m1/s1. The van der Waals surface area contributed by atoms with E-state index in [9.17, 15) is 9.59 Å². The molecule has 0 aromatic heterocycles. The fourth-order valence-electron chi connectivity index (χ4n) is 2.60. The van der Waals surface area contributed by atoms with Gasteiger partial charge in [0.25, 0.3) is 0 Å². The second-order valence-electron chi connectivity index (χ2n) is 6.38. The van der Waals surface area contributed by atoms with E-state index in [4.69, 9.17) is 16.0 Å². The van der Waals surface area contributed by atoms with E-state index in [2.05, 4.69) is 36.6 Å². The largest absolute Gasteiger partial charge is 0.379 e. The summed E-state index contributed by atoms with van der Waals surface area (Å²) in [6.07, 6.45) is 0.377. The van der Waals surface area contributed by atoms with Gasteiger partial charge in [-0.25, -0.2) is 0 Å². The van der Waals surface area contributed by atoms with Crippen molar-refractivity contribution >= 4 is 33.4 Å². The molecule has 154 valence electrons. The van der Waals surface area contributed by atoms with Gasteiger partial charge in [0, 0.05) is 34.6 Å². The van der Waals surface area contributed by atoms with Gasteiger partial charge in [-0.1, -0.05) is 27.1 Å². The highest BCUT2D eigenvalue weighted by atomic mass is 79.9. The molecule has 1 aromatic carbocycles. The Hall–Kier alpha value is -2.13. The van der Waals surface area contributed by atoms with E-state index in [0.717, 1.165) is 26.9 Å². The number of ether oxygens (including phenoxy) is 1. The number of amides is 2. The Morgan fingerprint density at radius 2 is 2.04 bits per heavy atom. The van der Waals surface area contributed by atoms with E-state index in [1.165, 1.54) is 0 Å². The van der Waals surface area contributed by atoms with Crippen molar-refractivity contribution in [1.82, 2.24) is 5.32 Å². The molecule has 0 spiro atoms. The Morgan fingerprint density at radius 1 is 1.32 bits per heavy atom. The summed E-state index contributed by atoms with van der Waals surface area (Å²) in [4.78, 5) is 26.8. The summed E-state index contributed by atoms with van der Waals surface area (Å²) in [6.45, 7) is 7.00. The summed E-state index contributed by atoms with van der Waals surface area (Å²) >= 11 is 3.53. The molecule has 0 bridgehead atoms. The van der Waals surface area contributed by atoms with Crippen LogP contribution < -0.4 is 16.4 Å². The van der Waals surface area contributed by atoms with Crippen molar-refractivity contribution in [3.8, 4) is 0 Å². The average Bonchev–Trinajstić information content (AvgIpc) is 2.66. The molecule has 9 nitrogen and oxygen atoms in total. The molecular weight excluding hydrogens is 428 g/mol. The molecule has 1 aromatic rings. The SMILES string of the molecule is Cc1cc(C)c(NC(=O)CC[C@@H](N)C(=O)NCCOCCN=[N+]=[N-])c(C)c1Br. The lowest BCUT2D eigenvalue weighted by Crippen LogP contribution is -2.42. The number of halogens is 1. The minimum atomic E-state index is -0.777. The predicted octanol–water partition coefficient (Wildman–Crippen LogP) is 2.86. The molecule has 0 aliphatic heterocycles. The first-order valence-electron chi connectivity index (χ1n) is 8.96. The third kappa shape index (κ3) is 7.85. The zero-order valence-corrected chi connectivity index (χ0v) is 18.0. The van der Waals surface area contributed by atoms with Crippen LogP contribution in [0.25, 0.3) is 10.4 Å². The Bertz CT molecular complexity index is 749. The summed E-state index contributed by atoms with van der Waals surface area (Å²) in [5.74, 6) is -0.525. The maximum atomic E-state index is 12.3. The van der Waals surface area contributed by atoms with Gasteiger partial charge in [0.2, 0.25) is 11.8 Å². The highest BCUT2D eigenvalue weighted by Gasteiger charge is 2.16. The van der Waals surface area contributed by atoms with Crippen LogP contribution in [-0.4, -0.2) is 44.2 Å². The van der Waals surface area contributed by atoms with Crippen LogP contribution in [0.5, 0.6) is 0 Å². The number of benzene rings is 1. The molecule has 0 aliphatic carbocycles. The van der Waals surface area contributed by atoms with Gasteiger partial charge in [-0.05, 0) is 49.4 Å². The van der Waals surface area contributed by atoms with Crippen molar-refractivity contribution in [3.05, 3.63) is 37.7 Å². The molecule has 10 heteroatoms. The van der Waals surface area contributed by atoms with Crippen molar-refractivity contribution in [2.75, 3.05) is 31.6 Å². The van der Waals surface area contributed by atoms with Crippen LogP contribution in [0.15, 0.2) is 15.7 Å². The normalized spacial score (nSPS) is 11.5. The first-order valence-corrected chi connectivity index (χ1v) is 9.75. The van der Waals surface area contributed by atoms with Crippen LogP contribution in [-0.2, 0) is 14.3 Å². The van der Waals surface area contributed by atoms with Gasteiger partial charge in [-0.15, -0.1) is 0 Å². The number of nitrogens with two attached hydrogens (primary N) is 1. The maximum Gasteiger partial charge on any atom is 0.237 e. The van der Waals surface area contributed by atoms with Gasteiger partial charge in [0.15, 0.2) is 0 Å². The van der Waals surface area contributed by atoms with Crippen molar-refractivity contribution in [3.63, 3.8) is 0 Å². The van der Waals surface area contributed by atoms with Crippen LogP contribution in [0.4, 0.5) is 5.69 Å². The number of hydrogen-bond donors (Lipinski definition) is 3. The molecule has 2 amide bonds. The Balaban J connectivity index is 2.37. The average molecular weight is 455 g/mol. The lowest BCUT2D eigenvalue weighted by atomic mass is 10.0. The lowest BCUT2D eigenvalue weighted by Gasteiger charge is -2.16. The van der Waals surface area contributed by atoms with Crippen molar-refractivity contribution < 1.29 is 14.3 Å². The molecule has 0 aliphatic rings. The summed E-state index contributed by atoms with van der Waals surface area (Å²) in [5, 5.41) is 8.89. The maximum absolute atomic E-state index is 12.3. The number of carbonyl (C=O) groups is 2. The monoisotopic (exact) mass is 454 g/mol. The number of hydrogen-bond acceptors (Lipinski definition) is 5. The predicted molar refractivity (Wildman–Crippen MR) is 112 cm³/mol. The van der Waals surface area contributed by atoms with E-state index in [1.807, 2.05) is 26.8 Å². The second-order valence-corrected chi connectivity index (χ2v) is 7.17. The summed E-state index contributed by atoms with van der Waals surface area (Å²) in [7, 11) is 0. The highest BCUT2D eigenvalue weighted by molar-refractivity contribution is 9.10. The number of nitrogens with one attached hydrogen (secondary N) is 2. The van der Waals surface area contributed by atoms with Crippen molar-refractivity contribution in [1.29, 1.82) is 0 Å². The van der Waals surface area contributed by atoms with Crippen LogP contribution in [0.3, 0.4) is 0 Å².